The van der Waals surface area contributed by atoms with Crippen LogP contribution in [0.25, 0.3) is 10.2 Å². The largest absolute Gasteiger partial charge is 0.302 e. The van der Waals surface area contributed by atoms with Crippen LogP contribution in [-0.4, -0.2) is 47.7 Å². The number of thiazole rings is 1. The third-order valence-corrected chi connectivity index (χ3v) is 7.19. The summed E-state index contributed by atoms with van der Waals surface area (Å²) < 4.78 is 2.09. The average molecular weight is 493 g/mol. The normalized spacial score (nSPS) is 11.3. The number of amides is 1. The van der Waals surface area contributed by atoms with Crippen molar-refractivity contribution in [3.63, 3.8) is 0 Å². The summed E-state index contributed by atoms with van der Waals surface area (Å²) in [6.45, 7) is 9.80. The number of rotatable bonds is 9. The molecule has 3 aromatic rings. The topological polar surface area (TPSA) is 36.4 Å². The highest BCUT2D eigenvalue weighted by Gasteiger charge is 2.22. The molecule has 7 heteroatoms. The Morgan fingerprint density at radius 2 is 1.79 bits per heavy atom. The standard InChI is InChI=1S/C22H26BrN3OS2/c1-4-25(5-2)13-14-26(21(27)16-7-10-18(11-8-16)28-6-3)22-24-19-12-9-17(23)15-20(19)29-22/h7-12,15H,4-6,13-14H2,1-3H3. The van der Waals surface area contributed by atoms with Crippen molar-refractivity contribution in [3.8, 4) is 0 Å². The zero-order valence-electron chi connectivity index (χ0n) is 17.0. The zero-order chi connectivity index (χ0) is 20.8. The summed E-state index contributed by atoms with van der Waals surface area (Å²) in [4.78, 5) is 23.5. The van der Waals surface area contributed by atoms with Crippen LogP contribution in [-0.2, 0) is 0 Å². The molecule has 0 aliphatic carbocycles. The van der Waals surface area contributed by atoms with Crippen LogP contribution in [0.2, 0.25) is 0 Å². The summed E-state index contributed by atoms with van der Waals surface area (Å²) in [7, 11) is 0. The molecular formula is C22H26BrN3OS2. The highest BCUT2D eigenvalue weighted by molar-refractivity contribution is 9.10. The number of halogens is 1. The zero-order valence-corrected chi connectivity index (χ0v) is 20.2. The minimum atomic E-state index is 0.00308. The molecule has 2 aromatic carbocycles. The smallest absolute Gasteiger partial charge is 0.260 e. The van der Waals surface area contributed by atoms with Crippen molar-refractivity contribution in [2.75, 3.05) is 36.8 Å². The molecule has 0 fully saturated rings. The lowest BCUT2D eigenvalue weighted by molar-refractivity contribution is 0.0983. The Morgan fingerprint density at radius 1 is 1.07 bits per heavy atom. The SMILES string of the molecule is CCSc1ccc(C(=O)N(CCN(CC)CC)c2nc3ccc(Br)cc3s2)cc1. The van der Waals surface area contributed by atoms with E-state index in [4.69, 9.17) is 4.98 Å². The van der Waals surface area contributed by atoms with Gasteiger partial charge in [-0.05, 0) is 61.3 Å². The molecule has 0 atom stereocenters. The van der Waals surface area contributed by atoms with Crippen LogP contribution in [0.4, 0.5) is 5.13 Å². The van der Waals surface area contributed by atoms with Crippen molar-refractivity contribution < 1.29 is 4.79 Å². The third kappa shape index (κ3) is 5.60. The first-order chi connectivity index (χ1) is 14.0. The quantitative estimate of drug-likeness (QED) is 0.335. The lowest BCUT2D eigenvalue weighted by Crippen LogP contribution is -2.38. The fourth-order valence-electron chi connectivity index (χ4n) is 3.08. The summed E-state index contributed by atoms with van der Waals surface area (Å²) in [5.74, 6) is 1.02. The molecule has 0 aliphatic rings. The van der Waals surface area contributed by atoms with Gasteiger partial charge >= 0.3 is 0 Å². The predicted octanol–water partition coefficient (Wildman–Crippen LogP) is 6.16. The Kier molecular flexibility index (Phi) is 8.12. The molecule has 0 aliphatic heterocycles. The predicted molar refractivity (Wildman–Crippen MR) is 130 cm³/mol. The van der Waals surface area contributed by atoms with Gasteiger partial charge in [0.2, 0.25) is 0 Å². The van der Waals surface area contributed by atoms with Gasteiger partial charge in [0.25, 0.3) is 5.91 Å². The van der Waals surface area contributed by atoms with Crippen LogP contribution in [0, 0.1) is 0 Å². The van der Waals surface area contributed by atoms with Crippen LogP contribution in [0.5, 0.6) is 0 Å². The monoisotopic (exact) mass is 491 g/mol. The molecule has 4 nitrogen and oxygen atoms in total. The number of aromatic nitrogens is 1. The number of carbonyl (C=O) groups excluding carboxylic acids is 1. The van der Waals surface area contributed by atoms with Crippen molar-refractivity contribution >= 4 is 60.3 Å². The minimum absolute atomic E-state index is 0.00308. The van der Waals surface area contributed by atoms with E-state index in [0.717, 1.165) is 45.2 Å². The lowest BCUT2D eigenvalue weighted by atomic mass is 10.2. The van der Waals surface area contributed by atoms with E-state index < -0.39 is 0 Å². The van der Waals surface area contributed by atoms with Gasteiger partial charge in [-0.15, -0.1) is 11.8 Å². The maximum atomic E-state index is 13.4. The summed E-state index contributed by atoms with van der Waals surface area (Å²) in [6, 6.07) is 13.9. The number of hydrogen-bond donors (Lipinski definition) is 0. The molecule has 0 saturated heterocycles. The molecule has 0 bridgehead atoms. The van der Waals surface area contributed by atoms with Crippen molar-refractivity contribution in [2.24, 2.45) is 0 Å². The second kappa shape index (κ2) is 10.6. The van der Waals surface area contributed by atoms with E-state index in [1.54, 1.807) is 23.1 Å². The highest BCUT2D eigenvalue weighted by atomic mass is 79.9. The van der Waals surface area contributed by atoms with Gasteiger partial charge in [0.15, 0.2) is 5.13 Å². The fraction of sp³-hybridized carbons (Fsp3) is 0.364. The van der Waals surface area contributed by atoms with Gasteiger partial charge in [-0.1, -0.05) is 48.0 Å². The van der Waals surface area contributed by atoms with Gasteiger partial charge in [0.1, 0.15) is 0 Å². The van der Waals surface area contributed by atoms with Gasteiger partial charge < -0.3 is 4.90 Å². The van der Waals surface area contributed by atoms with Gasteiger partial charge in [-0.25, -0.2) is 4.98 Å². The van der Waals surface area contributed by atoms with Crippen LogP contribution in [0.3, 0.4) is 0 Å². The first-order valence-electron chi connectivity index (χ1n) is 9.88. The molecule has 29 heavy (non-hydrogen) atoms. The van der Waals surface area contributed by atoms with E-state index >= 15 is 0 Å². The maximum Gasteiger partial charge on any atom is 0.260 e. The Morgan fingerprint density at radius 3 is 2.45 bits per heavy atom. The van der Waals surface area contributed by atoms with Gasteiger partial charge in [-0.2, -0.15) is 0 Å². The van der Waals surface area contributed by atoms with Gasteiger partial charge in [0, 0.05) is 28.0 Å². The van der Waals surface area contributed by atoms with E-state index in [9.17, 15) is 4.79 Å². The van der Waals surface area contributed by atoms with Crippen LogP contribution in [0.1, 0.15) is 31.1 Å². The molecule has 0 unspecified atom stereocenters. The Hall–Kier alpha value is -1.41. The maximum absolute atomic E-state index is 13.4. The summed E-state index contributed by atoms with van der Waals surface area (Å²) in [6.07, 6.45) is 0. The minimum Gasteiger partial charge on any atom is -0.302 e. The van der Waals surface area contributed by atoms with E-state index in [1.807, 2.05) is 41.3 Å². The number of anilines is 1. The molecule has 3 rings (SSSR count). The summed E-state index contributed by atoms with van der Waals surface area (Å²) in [5.41, 5.74) is 1.62. The second-order valence-electron chi connectivity index (χ2n) is 6.55. The molecule has 1 heterocycles. The fourth-order valence-corrected chi connectivity index (χ4v) is 5.29. The van der Waals surface area contributed by atoms with E-state index in [-0.39, 0.29) is 5.91 Å². The lowest BCUT2D eigenvalue weighted by Gasteiger charge is -2.24. The molecule has 1 aromatic heterocycles. The van der Waals surface area contributed by atoms with Crippen LogP contribution < -0.4 is 4.90 Å². The van der Waals surface area contributed by atoms with Crippen molar-refractivity contribution in [1.29, 1.82) is 0 Å². The number of likely N-dealkylation sites (N-methyl/N-ethyl adjacent to an activating group) is 1. The average Bonchev–Trinajstić information content (AvgIpc) is 3.14. The molecule has 1 amide bonds. The number of fused-ring (bicyclic) bond motifs is 1. The number of nitrogens with zero attached hydrogens (tertiary/aromatic N) is 3. The Bertz CT molecular complexity index is 954. The Labute approximate surface area is 189 Å². The summed E-state index contributed by atoms with van der Waals surface area (Å²) >= 11 is 6.86. The molecule has 154 valence electrons. The molecule has 0 spiro atoms. The van der Waals surface area contributed by atoms with Crippen LogP contribution in [0.15, 0.2) is 51.8 Å². The molecule has 0 N–H and O–H groups in total. The third-order valence-electron chi connectivity index (χ3n) is 4.76. The Balaban J connectivity index is 1.91. The molecule has 0 saturated carbocycles. The first kappa shape index (κ1) is 22.3. The van der Waals surface area contributed by atoms with Crippen molar-refractivity contribution in [3.05, 3.63) is 52.5 Å². The van der Waals surface area contributed by atoms with Crippen molar-refractivity contribution in [1.82, 2.24) is 9.88 Å². The summed E-state index contributed by atoms with van der Waals surface area (Å²) in [5, 5.41) is 0.752. The number of benzene rings is 2. The number of carbonyl (C=O) groups is 1. The number of thioether (sulfide) groups is 1. The first-order valence-corrected chi connectivity index (χ1v) is 12.5. The van der Waals surface area contributed by atoms with Gasteiger partial charge in [-0.3, -0.25) is 9.69 Å². The molecule has 0 radical (unpaired) electrons. The van der Waals surface area contributed by atoms with Gasteiger partial charge in [0.05, 0.1) is 10.2 Å². The number of hydrogen-bond acceptors (Lipinski definition) is 5. The van der Waals surface area contributed by atoms with Crippen LogP contribution >= 0.6 is 39.0 Å². The molecular weight excluding hydrogens is 466 g/mol. The van der Waals surface area contributed by atoms with E-state index in [2.05, 4.69) is 47.7 Å². The van der Waals surface area contributed by atoms with E-state index in [1.165, 1.54) is 4.90 Å². The highest BCUT2D eigenvalue weighted by Crippen LogP contribution is 2.32. The van der Waals surface area contributed by atoms with Crippen molar-refractivity contribution in [2.45, 2.75) is 25.7 Å². The second-order valence-corrected chi connectivity index (χ2v) is 9.81. The van der Waals surface area contributed by atoms with E-state index in [0.29, 0.717) is 12.1 Å².